The first kappa shape index (κ1) is 17.9. The average Bonchev–Trinajstić information content (AvgIpc) is 2.98. The molecular formula is C19H26FN3O2. The van der Waals surface area contributed by atoms with Crippen LogP contribution in [0.15, 0.2) is 24.3 Å². The number of hydrogen-bond donors (Lipinski definition) is 0. The van der Waals surface area contributed by atoms with Crippen molar-refractivity contribution in [2.75, 3.05) is 33.7 Å². The van der Waals surface area contributed by atoms with E-state index in [-0.39, 0.29) is 36.1 Å². The summed E-state index contributed by atoms with van der Waals surface area (Å²) < 4.78 is 13.3. The van der Waals surface area contributed by atoms with Crippen LogP contribution in [0, 0.1) is 5.82 Å². The van der Waals surface area contributed by atoms with Gasteiger partial charge in [-0.05, 0) is 44.6 Å². The molecule has 2 aliphatic rings. The van der Waals surface area contributed by atoms with E-state index in [0.717, 1.165) is 19.4 Å². The van der Waals surface area contributed by atoms with Crippen LogP contribution in [0.4, 0.5) is 4.39 Å². The number of carbonyl (C=O) groups is 2. The number of carbonyl (C=O) groups excluding carboxylic acids is 2. The SMILES string of the molecule is CN(C)CCN1C(=O)CCC2C1CCN2C(=O)Cc1cccc(F)c1. The Morgan fingerprint density at radius 2 is 2.08 bits per heavy atom. The molecule has 2 saturated heterocycles. The number of nitrogens with zero attached hydrogens (tertiary/aromatic N) is 3. The van der Waals surface area contributed by atoms with Crippen molar-refractivity contribution in [3.63, 3.8) is 0 Å². The monoisotopic (exact) mass is 347 g/mol. The molecule has 0 radical (unpaired) electrons. The molecule has 1 aromatic rings. The molecule has 6 heteroatoms. The third kappa shape index (κ3) is 4.00. The fourth-order valence-electron chi connectivity index (χ4n) is 3.98. The molecule has 0 aromatic heterocycles. The fourth-order valence-corrected chi connectivity index (χ4v) is 3.98. The van der Waals surface area contributed by atoms with Crippen LogP contribution >= 0.6 is 0 Å². The highest BCUT2D eigenvalue weighted by Gasteiger charge is 2.44. The Bertz CT molecular complexity index is 649. The first-order valence-corrected chi connectivity index (χ1v) is 8.94. The van der Waals surface area contributed by atoms with Crippen molar-refractivity contribution in [3.05, 3.63) is 35.6 Å². The van der Waals surface area contributed by atoms with Gasteiger partial charge in [0.05, 0.1) is 18.5 Å². The minimum atomic E-state index is -0.317. The van der Waals surface area contributed by atoms with Gasteiger partial charge in [-0.2, -0.15) is 0 Å². The number of likely N-dealkylation sites (N-methyl/N-ethyl adjacent to an activating group) is 1. The predicted molar refractivity (Wildman–Crippen MR) is 93.5 cm³/mol. The zero-order chi connectivity index (χ0) is 18.0. The molecule has 2 fully saturated rings. The van der Waals surface area contributed by atoms with Gasteiger partial charge >= 0.3 is 0 Å². The van der Waals surface area contributed by atoms with Crippen LogP contribution in [0.1, 0.15) is 24.8 Å². The van der Waals surface area contributed by atoms with Gasteiger partial charge in [-0.25, -0.2) is 4.39 Å². The maximum atomic E-state index is 13.3. The minimum absolute atomic E-state index is 0.0278. The quantitative estimate of drug-likeness (QED) is 0.811. The number of halogens is 1. The lowest BCUT2D eigenvalue weighted by molar-refractivity contribution is -0.141. The summed E-state index contributed by atoms with van der Waals surface area (Å²) in [5.74, 6) is -0.0924. The van der Waals surface area contributed by atoms with Gasteiger partial charge in [0.25, 0.3) is 0 Å². The third-order valence-corrected chi connectivity index (χ3v) is 5.24. The van der Waals surface area contributed by atoms with Crippen molar-refractivity contribution in [2.24, 2.45) is 0 Å². The van der Waals surface area contributed by atoms with E-state index in [2.05, 4.69) is 4.90 Å². The van der Waals surface area contributed by atoms with E-state index in [0.29, 0.717) is 25.1 Å². The minimum Gasteiger partial charge on any atom is -0.337 e. The van der Waals surface area contributed by atoms with Crippen molar-refractivity contribution >= 4 is 11.8 Å². The molecule has 0 spiro atoms. The lowest BCUT2D eigenvalue weighted by Crippen LogP contribution is -2.54. The highest BCUT2D eigenvalue weighted by molar-refractivity contribution is 5.81. The smallest absolute Gasteiger partial charge is 0.227 e. The van der Waals surface area contributed by atoms with Crippen LogP contribution in [0.2, 0.25) is 0 Å². The van der Waals surface area contributed by atoms with E-state index in [1.165, 1.54) is 12.1 Å². The van der Waals surface area contributed by atoms with E-state index >= 15 is 0 Å². The average molecular weight is 347 g/mol. The second-order valence-corrected chi connectivity index (χ2v) is 7.25. The Morgan fingerprint density at radius 3 is 2.80 bits per heavy atom. The van der Waals surface area contributed by atoms with Gasteiger partial charge in [-0.3, -0.25) is 9.59 Å². The van der Waals surface area contributed by atoms with Gasteiger partial charge in [-0.15, -0.1) is 0 Å². The summed E-state index contributed by atoms with van der Waals surface area (Å²) >= 11 is 0. The lowest BCUT2D eigenvalue weighted by atomic mass is 9.96. The van der Waals surface area contributed by atoms with Crippen molar-refractivity contribution in [2.45, 2.75) is 37.8 Å². The summed E-state index contributed by atoms with van der Waals surface area (Å²) in [4.78, 5) is 31.0. The summed E-state index contributed by atoms with van der Waals surface area (Å²) in [6.07, 6.45) is 2.28. The van der Waals surface area contributed by atoms with Crippen LogP contribution in [-0.4, -0.2) is 72.3 Å². The fraction of sp³-hybridized carbons (Fsp3) is 0.579. The van der Waals surface area contributed by atoms with Gasteiger partial charge in [0.2, 0.25) is 11.8 Å². The number of likely N-dealkylation sites (tertiary alicyclic amines) is 2. The van der Waals surface area contributed by atoms with Crippen LogP contribution in [-0.2, 0) is 16.0 Å². The van der Waals surface area contributed by atoms with E-state index in [1.54, 1.807) is 12.1 Å². The largest absolute Gasteiger partial charge is 0.337 e. The first-order chi connectivity index (χ1) is 12.0. The second kappa shape index (κ2) is 7.52. The summed E-state index contributed by atoms with van der Waals surface area (Å²) in [6, 6.07) is 6.43. The second-order valence-electron chi connectivity index (χ2n) is 7.25. The number of hydrogen-bond acceptors (Lipinski definition) is 3. The Balaban J connectivity index is 1.67. The normalized spacial score (nSPS) is 23.3. The zero-order valence-electron chi connectivity index (χ0n) is 14.9. The maximum Gasteiger partial charge on any atom is 0.227 e. The maximum absolute atomic E-state index is 13.3. The van der Waals surface area contributed by atoms with Gasteiger partial charge in [-0.1, -0.05) is 12.1 Å². The Morgan fingerprint density at radius 1 is 1.28 bits per heavy atom. The summed E-state index contributed by atoms with van der Waals surface area (Å²) in [5, 5.41) is 0. The number of rotatable bonds is 5. The first-order valence-electron chi connectivity index (χ1n) is 8.94. The number of piperidine rings is 1. The predicted octanol–water partition coefficient (Wildman–Crippen LogP) is 1.52. The molecule has 2 unspecified atom stereocenters. The van der Waals surface area contributed by atoms with Crippen molar-refractivity contribution in [3.8, 4) is 0 Å². The van der Waals surface area contributed by atoms with E-state index in [4.69, 9.17) is 0 Å². The molecule has 136 valence electrons. The van der Waals surface area contributed by atoms with Crippen molar-refractivity contribution in [1.82, 2.24) is 14.7 Å². The standard InChI is InChI=1S/C19H26FN3O2/c1-21(2)10-11-23-17-8-9-22(16(17)6-7-18(23)24)19(25)13-14-4-3-5-15(20)12-14/h3-5,12,16-17H,6-11,13H2,1-2H3. The molecule has 2 aliphatic heterocycles. The van der Waals surface area contributed by atoms with Gasteiger partial charge in [0.1, 0.15) is 5.82 Å². The van der Waals surface area contributed by atoms with Crippen LogP contribution in [0.5, 0.6) is 0 Å². The van der Waals surface area contributed by atoms with Gasteiger partial charge in [0, 0.05) is 26.1 Å². The Labute approximate surface area is 148 Å². The Kier molecular flexibility index (Phi) is 5.37. The number of fused-ring (bicyclic) bond motifs is 1. The van der Waals surface area contributed by atoms with E-state index in [1.807, 2.05) is 23.9 Å². The van der Waals surface area contributed by atoms with E-state index in [9.17, 15) is 14.0 Å². The van der Waals surface area contributed by atoms with Crippen LogP contribution in [0.25, 0.3) is 0 Å². The molecule has 5 nitrogen and oxygen atoms in total. The lowest BCUT2D eigenvalue weighted by Gasteiger charge is -2.40. The number of benzene rings is 1. The van der Waals surface area contributed by atoms with Gasteiger partial charge < -0.3 is 14.7 Å². The molecule has 2 atom stereocenters. The highest BCUT2D eigenvalue weighted by atomic mass is 19.1. The zero-order valence-corrected chi connectivity index (χ0v) is 14.9. The summed E-state index contributed by atoms with van der Waals surface area (Å²) in [7, 11) is 3.99. The van der Waals surface area contributed by atoms with Crippen molar-refractivity contribution < 1.29 is 14.0 Å². The summed E-state index contributed by atoms with van der Waals surface area (Å²) in [5.41, 5.74) is 0.699. The Hall–Kier alpha value is -1.95. The molecular weight excluding hydrogens is 321 g/mol. The van der Waals surface area contributed by atoms with Crippen LogP contribution in [0.3, 0.4) is 0 Å². The highest BCUT2D eigenvalue weighted by Crippen LogP contribution is 2.31. The molecule has 0 bridgehead atoms. The number of amides is 2. The molecule has 1 aromatic carbocycles. The molecule has 3 rings (SSSR count). The van der Waals surface area contributed by atoms with E-state index < -0.39 is 0 Å². The molecule has 0 saturated carbocycles. The topological polar surface area (TPSA) is 43.9 Å². The molecule has 0 N–H and O–H groups in total. The van der Waals surface area contributed by atoms with Gasteiger partial charge in [0.15, 0.2) is 0 Å². The van der Waals surface area contributed by atoms with Crippen LogP contribution < -0.4 is 0 Å². The van der Waals surface area contributed by atoms with Crippen molar-refractivity contribution in [1.29, 1.82) is 0 Å². The molecule has 0 aliphatic carbocycles. The molecule has 2 heterocycles. The summed E-state index contributed by atoms with van der Waals surface area (Å²) in [6.45, 7) is 2.21. The molecule has 25 heavy (non-hydrogen) atoms. The molecule has 2 amide bonds. The third-order valence-electron chi connectivity index (χ3n) is 5.24.